The number of anilines is 1. The molecule has 0 atom stereocenters. The number of nitrogens with zero attached hydrogens (tertiary/aromatic N) is 1. The van der Waals surface area contributed by atoms with Gasteiger partial charge in [-0.2, -0.15) is 0 Å². The number of aromatic hydroxyl groups is 1. The van der Waals surface area contributed by atoms with Crippen LogP contribution in [0.2, 0.25) is 0 Å². The topological polar surface area (TPSA) is 62.2 Å². The van der Waals surface area contributed by atoms with E-state index in [9.17, 15) is 9.90 Å². The van der Waals surface area contributed by atoms with E-state index < -0.39 is 0 Å². The van der Waals surface area contributed by atoms with Crippen molar-refractivity contribution in [3.05, 3.63) is 15.1 Å². The molecule has 0 saturated heterocycles. The predicted octanol–water partition coefficient (Wildman–Crippen LogP) is 2.27. The molecule has 0 fully saturated rings. The van der Waals surface area contributed by atoms with Crippen LogP contribution in [0.25, 0.3) is 0 Å². The summed E-state index contributed by atoms with van der Waals surface area (Å²) in [6.45, 7) is 1.36. The Morgan fingerprint density at radius 1 is 1.62 bits per heavy atom. The molecule has 70 valence electrons. The minimum absolute atomic E-state index is 0.217. The lowest BCUT2D eigenvalue weighted by molar-refractivity contribution is -0.114. The van der Waals surface area contributed by atoms with Crippen LogP contribution in [0.5, 0.6) is 5.88 Å². The Labute approximate surface area is 91.6 Å². The zero-order chi connectivity index (χ0) is 10.0. The van der Waals surface area contributed by atoms with E-state index in [2.05, 4.69) is 42.2 Å². The number of amides is 1. The fourth-order valence-corrected chi connectivity index (χ4v) is 1.34. The van der Waals surface area contributed by atoms with Gasteiger partial charge in [-0.15, -0.1) is 0 Å². The van der Waals surface area contributed by atoms with Crippen molar-refractivity contribution >= 4 is 43.5 Å². The normalized spacial score (nSPS) is 9.77. The van der Waals surface area contributed by atoms with Crippen LogP contribution in [0.3, 0.4) is 0 Å². The summed E-state index contributed by atoms with van der Waals surface area (Å²) in [6.07, 6.45) is 0. The smallest absolute Gasteiger partial charge is 0.236 e. The Kier molecular flexibility index (Phi) is 3.27. The summed E-state index contributed by atoms with van der Waals surface area (Å²) >= 11 is 6.31. The molecule has 0 saturated carbocycles. The standard InChI is InChI=1S/C7H6Br2N2O2/c1-3(12)10-5-2-4(8)6(9)11-7(5)13/h2H,1H3,(H,10,12)(H,11,13). The van der Waals surface area contributed by atoms with Crippen LogP contribution in [0.4, 0.5) is 5.69 Å². The third-order valence-electron chi connectivity index (χ3n) is 1.22. The van der Waals surface area contributed by atoms with E-state index in [-0.39, 0.29) is 17.5 Å². The van der Waals surface area contributed by atoms with Gasteiger partial charge in [0, 0.05) is 6.92 Å². The summed E-state index contributed by atoms with van der Waals surface area (Å²) < 4.78 is 1.15. The van der Waals surface area contributed by atoms with Crippen LogP contribution in [-0.4, -0.2) is 16.0 Å². The number of aromatic nitrogens is 1. The van der Waals surface area contributed by atoms with E-state index in [1.54, 1.807) is 6.07 Å². The van der Waals surface area contributed by atoms with E-state index in [4.69, 9.17) is 0 Å². The number of pyridine rings is 1. The molecule has 0 aliphatic carbocycles. The fourth-order valence-electron chi connectivity index (χ4n) is 0.739. The number of halogens is 2. The average molecular weight is 310 g/mol. The molecule has 0 unspecified atom stereocenters. The zero-order valence-corrected chi connectivity index (χ0v) is 9.81. The van der Waals surface area contributed by atoms with Gasteiger partial charge in [0.25, 0.3) is 0 Å². The van der Waals surface area contributed by atoms with Crippen molar-refractivity contribution in [2.24, 2.45) is 0 Å². The SMILES string of the molecule is CC(=O)Nc1cc(Br)c(Br)nc1O. The summed E-state index contributed by atoms with van der Waals surface area (Å²) in [4.78, 5) is 14.4. The molecular weight excluding hydrogens is 304 g/mol. The van der Waals surface area contributed by atoms with Gasteiger partial charge in [-0.05, 0) is 37.9 Å². The molecule has 1 heterocycles. The van der Waals surface area contributed by atoms with Crippen LogP contribution < -0.4 is 5.32 Å². The second kappa shape index (κ2) is 4.06. The molecule has 1 aromatic heterocycles. The molecule has 2 N–H and O–H groups in total. The van der Waals surface area contributed by atoms with E-state index in [1.807, 2.05) is 0 Å². The Bertz CT molecular complexity index is 355. The molecule has 0 aromatic carbocycles. The Morgan fingerprint density at radius 3 is 2.77 bits per heavy atom. The molecule has 0 radical (unpaired) electrons. The number of nitrogens with one attached hydrogen (secondary N) is 1. The molecule has 0 spiro atoms. The number of hydrogen-bond donors (Lipinski definition) is 2. The summed E-state index contributed by atoms with van der Waals surface area (Å²) in [5.74, 6) is -0.475. The second-order valence-electron chi connectivity index (χ2n) is 2.31. The van der Waals surface area contributed by atoms with Crippen LogP contribution in [0.15, 0.2) is 15.1 Å². The zero-order valence-electron chi connectivity index (χ0n) is 6.64. The van der Waals surface area contributed by atoms with E-state index in [0.717, 1.165) is 0 Å². The highest BCUT2D eigenvalue weighted by molar-refractivity contribution is 9.13. The van der Waals surface area contributed by atoms with Gasteiger partial charge in [0.05, 0.1) is 4.47 Å². The number of hydrogen-bond acceptors (Lipinski definition) is 3. The van der Waals surface area contributed by atoms with Crippen molar-refractivity contribution in [3.63, 3.8) is 0 Å². The van der Waals surface area contributed by atoms with Crippen molar-refractivity contribution in [2.75, 3.05) is 5.32 Å². The van der Waals surface area contributed by atoms with Gasteiger partial charge in [-0.1, -0.05) is 0 Å². The number of carbonyl (C=O) groups is 1. The number of carbonyl (C=O) groups excluding carboxylic acids is 1. The monoisotopic (exact) mass is 308 g/mol. The van der Waals surface area contributed by atoms with Gasteiger partial charge in [0.15, 0.2) is 0 Å². The van der Waals surface area contributed by atoms with Gasteiger partial charge >= 0.3 is 0 Å². The molecule has 1 amide bonds. The highest BCUT2D eigenvalue weighted by atomic mass is 79.9. The van der Waals surface area contributed by atoms with Crippen molar-refractivity contribution < 1.29 is 9.90 Å². The summed E-state index contributed by atoms with van der Waals surface area (Å²) in [5, 5.41) is 11.7. The molecule has 0 aliphatic heterocycles. The highest BCUT2D eigenvalue weighted by Gasteiger charge is 2.08. The maximum Gasteiger partial charge on any atom is 0.236 e. The van der Waals surface area contributed by atoms with Crippen LogP contribution in [0.1, 0.15) is 6.92 Å². The fraction of sp³-hybridized carbons (Fsp3) is 0.143. The van der Waals surface area contributed by atoms with Crippen LogP contribution in [-0.2, 0) is 4.79 Å². The van der Waals surface area contributed by atoms with Gasteiger partial charge in [-0.25, -0.2) is 4.98 Å². The van der Waals surface area contributed by atoms with E-state index in [1.165, 1.54) is 6.92 Å². The molecule has 1 rings (SSSR count). The maximum atomic E-state index is 10.7. The maximum absolute atomic E-state index is 10.7. The first-order chi connectivity index (χ1) is 6.00. The minimum Gasteiger partial charge on any atom is -0.492 e. The lowest BCUT2D eigenvalue weighted by atomic mass is 10.4. The molecule has 6 heteroatoms. The second-order valence-corrected chi connectivity index (χ2v) is 3.92. The van der Waals surface area contributed by atoms with Gasteiger partial charge in [-0.3, -0.25) is 4.79 Å². The van der Waals surface area contributed by atoms with Crippen molar-refractivity contribution in [1.82, 2.24) is 4.98 Å². The van der Waals surface area contributed by atoms with Gasteiger partial charge in [0.1, 0.15) is 10.3 Å². The summed E-state index contributed by atoms with van der Waals surface area (Å²) in [5.41, 5.74) is 0.280. The minimum atomic E-state index is -0.258. The molecule has 13 heavy (non-hydrogen) atoms. The lowest BCUT2D eigenvalue weighted by Crippen LogP contribution is -2.06. The van der Waals surface area contributed by atoms with Crippen molar-refractivity contribution in [3.8, 4) is 5.88 Å². The Hall–Kier alpha value is -0.620. The quantitative estimate of drug-likeness (QED) is 0.782. The third kappa shape index (κ3) is 2.67. The van der Waals surface area contributed by atoms with Gasteiger partial charge in [0.2, 0.25) is 11.8 Å². The van der Waals surface area contributed by atoms with Gasteiger partial charge < -0.3 is 10.4 Å². The summed E-state index contributed by atoms with van der Waals surface area (Å²) in [7, 11) is 0. The predicted molar refractivity (Wildman–Crippen MR) is 55.6 cm³/mol. The van der Waals surface area contributed by atoms with Crippen molar-refractivity contribution in [2.45, 2.75) is 6.92 Å². The lowest BCUT2D eigenvalue weighted by Gasteiger charge is -2.05. The first kappa shape index (κ1) is 10.5. The highest BCUT2D eigenvalue weighted by Crippen LogP contribution is 2.30. The van der Waals surface area contributed by atoms with Crippen molar-refractivity contribution in [1.29, 1.82) is 0 Å². The Balaban J connectivity index is 3.08. The van der Waals surface area contributed by atoms with E-state index in [0.29, 0.717) is 9.08 Å². The summed E-state index contributed by atoms with van der Waals surface area (Å²) in [6, 6.07) is 1.56. The van der Waals surface area contributed by atoms with Crippen LogP contribution >= 0.6 is 31.9 Å². The first-order valence-electron chi connectivity index (χ1n) is 3.33. The number of rotatable bonds is 1. The molecule has 4 nitrogen and oxygen atoms in total. The molecule has 0 bridgehead atoms. The first-order valence-corrected chi connectivity index (χ1v) is 4.92. The molecule has 0 aliphatic rings. The average Bonchev–Trinajstić information content (AvgIpc) is 1.99. The third-order valence-corrected chi connectivity index (χ3v) is 2.96. The van der Waals surface area contributed by atoms with E-state index >= 15 is 0 Å². The van der Waals surface area contributed by atoms with Crippen LogP contribution in [0, 0.1) is 0 Å². The molecule has 1 aromatic rings. The largest absolute Gasteiger partial charge is 0.492 e. The molecular formula is C7H6Br2N2O2. The Morgan fingerprint density at radius 2 is 2.23 bits per heavy atom.